The monoisotopic (exact) mass is 294 g/mol. The van der Waals surface area contributed by atoms with E-state index in [1.165, 1.54) is 0 Å². The van der Waals surface area contributed by atoms with Gasteiger partial charge in [-0.3, -0.25) is 4.90 Å². The smallest absolute Gasteiger partial charge is 0.322 e. The second-order valence-corrected chi connectivity index (χ2v) is 5.27. The van der Waals surface area contributed by atoms with Crippen LogP contribution in [0, 0.1) is 0 Å². The van der Waals surface area contributed by atoms with Gasteiger partial charge in [-0.25, -0.2) is 9.78 Å². The molecule has 1 fully saturated rings. The van der Waals surface area contributed by atoms with Crippen LogP contribution in [0.3, 0.4) is 0 Å². The van der Waals surface area contributed by atoms with Gasteiger partial charge in [0.2, 0.25) is 0 Å². The van der Waals surface area contributed by atoms with Crippen LogP contribution in [0.25, 0.3) is 11.0 Å². The number of fused-ring (bicyclic) bond motifs is 1. The van der Waals surface area contributed by atoms with E-state index in [4.69, 9.17) is 0 Å². The number of rotatable bonds is 2. The molecule has 3 N–H and O–H groups in total. The number of carbonyl (C=O) groups is 1. The lowest BCUT2D eigenvalue weighted by Crippen LogP contribution is -2.29. The van der Waals surface area contributed by atoms with E-state index in [0.717, 1.165) is 22.3 Å². The molecular formula is C16H14N4O2. The van der Waals surface area contributed by atoms with Crippen molar-refractivity contribution in [3.63, 3.8) is 0 Å². The summed E-state index contributed by atoms with van der Waals surface area (Å²) in [4.78, 5) is 21.2. The molecule has 2 aromatic carbocycles. The van der Waals surface area contributed by atoms with Crippen molar-refractivity contribution < 1.29 is 9.90 Å². The number of benzene rings is 2. The van der Waals surface area contributed by atoms with Crippen molar-refractivity contribution in [1.82, 2.24) is 15.3 Å². The van der Waals surface area contributed by atoms with Crippen molar-refractivity contribution in [3.8, 4) is 5.75 Å². The highest BCUT2D eigenvalue weighted by molar-refractivity contribution is 5.97. The maximum Gasteiger partial charge on any atom is 0.322 e. The molecule has 1 aliphatic heterocycles. The molecule has 22 heavy (non-hydrogen) atoms. The van der Waals surface area contributed by atoms with Gasteiger partial charge in [-0.15, -0.1) is 0 Å². The van der Waals surface area contributed by atoms with Crippen LogP contribution in [0.5, 0.6) is 5.75 Å². The molecule has 0 radical (unpaired) electrons. The molecule has 0 bridgehead atoms. The van der Waals surface area contributed by atoms with Crippen molar-refractivity contribution >= 4 is 22.8 Å². The molecule has 110 valence electrons. The number of phenols is 1. The molecule has 2 heterocycles. The fraction of sp³-hybridized carbons (Fsp3) is 0.125. The van der Waals surface area contributed by atoms with Crippen LogP contribution in [0.2, 0.25) is 0 Å². The molecule has 1 atom stereocenters. The first-order chi connectivity index (χ1) is 10.7. The fourth-order valence-corrected chi connectivity index (χ4v) is 2.87. The summed E-state index contributed by atoms with van der Waals surface area (Å²) in [6.45, 7) is 0.501. The summed E-state index contributed by atoms with van der Waals surface area (Å²) < 4.78 is 0. The van der Waals surface area contributed by atoms with Crippen LogP contribution >= 0.6 is 0 Å². The Morgan fingerprint density at radius 3 is 3.00 bits per heavy atom. The van der Waals surface area contributed by atoms with Gasteiger partial charge < -0.3 is 15.4 Å². The van der Waals surface area contributed by atoms with E-state index in [2.05, 4.69) is 15.3 Å². The summed E-state index contributed by atoms with van der Waals surface area (Å²) in [7, 11) is 0. The van der Waals surface area contributed by atoms with Gasteiger partial charge in [0.25, 0.3) is 0 Å². The number of aromatic hydroxyl groups is 1. The Hall–Kier alpha value is -3.02. The minimum Gasteiger partial charge on any atom is -0.508 e. The van der Waals surface area contributed by atoms with Crippen molar-refractivity contribution in [1.29, 1.82) is 0 Å². The molecular weight excluding hydrogens is 280 g/mol. The molecule has 0 aliphatic carbocycles. The Bertz CT molecular complexity index is 858. The molecule has 0 spiro atoms. The highest BCUT2D eigenvalue weighted by atomic mass is 16.3. The largest absolute Gasteiger partial charge is 0.508 e. The number of aromatic amines is 1. The number of carbonyl (C=O) groups excluding carboxylic acids is 1. The number of H-pyrrole nitrogens is 1. The zero-order valence-electron chi connectivity index (χ0n) is 11.7. The van der Waals surface area contributed by atoms with Crippen LogP contribution in [-0.2, 0) is 0 Å². The van der Waals surface area contributed by atoms with Gasteiger partial charge in [-0.05, 0) is 35.9 Å². The number of phenolic OH excluding ortho intramolecular Hbond substituents is 1. The molecule has 0 saturated carbocycles. The van der Waals surface area contributed by atoms with Gasteiger partial charge in [-0.1, -0.05) is 12.1 Å². The lowest BCUT2D eigenvalue weighted by molar-refractivity contribution is 0.251. The predicted molar refractivity (Wildman–Crippen MR) is 82.8 cm³/mol. The van der Waals surface area contributed by atoms with E-state index in [1.54, 1.807) is 29.4 Å². The first kappa shape index (κ1) is 12.7. The van der Waals surface area contributed by atoms with Gasteiger partial charge in [0.1, 0.15) is 5.75 Å². The molecule has 1 unspecified atom stereocenters. The van der Waals surface area contributed by atoms with Crippen LogP contribution in [-0.4, -0.2) is 27.7 Å². The van der Waals surface area contributed by atoms with E-state index in [0.29, 0.717) is 6.54 Å². The molecule has 6 nitrogen and oxygen atoms in total. The van der Waals surface area contributed by atoms with Gasteiger partial charge >= 0.3 is 6.03 Å². The quantitative estimate of drug-likeness (QED) is 0.679. The molecule has 2 amide bonds. The number of urea groups is 1. The van der Waals surface area contributed by atoms with Crippen LogP contribution in [0.4, 0.5) is 10.5 Å². The second kappa shape index (κ2) is 4.77. The Morgan fingerprint density at radius 1 is 1.23 bits per heavy atom. The van der Waals surface area contributed by atoms with E-state index in [1.807, 2.05) is 24.3 Å². The zero-order valence-corrected chi connectivity index (χ0v) is 11.7. The number of anilines is 1. The number of amides is 2. The summed E-state index contributed by atoms with van der Waals surface area (Å²) in [5.74, 6) is 0.194. The van der Waals surface area contributed by atoms with E-state index in [-0.39, 0.29) is 17.8 Å². The standard InChI is InChI=1S/C16H14N4O2/c21-12-3-1-2-10(6-12)15-8-17-16(22)20(15)11-4-5-13-14(7-11)19-9-18-13/h1-7,9,15,21H,8H2,(H,17,22)(H,18,19). The Morgan fingerprint density at radius 2 is 2.14 bits per heavy atom. The van der Waals surface area contributed by atoms with E-state index >= 15 is 0 Å². The normalized spacial score (nSPS) is 17.9. The highest BCUT2D eigenvalue weighted by Gasteiger charge is 2.33. The molecule has 4 rings (SSSR count). The van der Waals surface area contributed by atoms with Crippen molar-refractivity contribution in [2.75, 3.05) is 11.4 Å². The van der Waals surface area contributed by atoms with Gasteiger partial charge in [-0.2, -0.15) is 0 Å². The summed E-state index contributed by atoms with van der Waals surface area (Å²) in [6.07, 6.45) is 1.63. The first-order valence-electron chi connectivity index (χ1n) is 7.01. The lowest BCUT2D eigenvalue weighted by atomic mass is 10.1. The maximum atomic E-state index is 12.2. The molecule has 3 aromatic rings. The SMILES string of the molecule is O=C1NCC(c2cccc(O)c2)N1c1ccc2[nH]cnc2c1. The topological polar surface area (TPSA) is 81.2 Å². The summed E-state index contributed by atoms with van der Waals surface area (Å²) in [6, 6.07) is 12.4. The Kier molecular flexibility index (Phi) is 2.75. The zero-order chi connectivity index (χ0) is 15.1. The average Bonchev–Trinajstić information content (AvgIpc) is 3.12. The number of nitrogens with one attached hydrogen (secondary N) is 2. The summed E-state index contributed by atoms with van der Waals surface area (Å²) in [5, 5.41) is 12.5. The molecule has 1 aliphatic rings. The summed E-state index contributed by atoms with van der Waals surface area (Å²) >= 11 is 0. The number of nitrogens with zero attached hydrogens (tertiary/aromatic N) is 2. The Labute approximate surface area is 126 Å². The van der Waals surface area contributed by atoms with Crippen LogP contribution in [0.1, 0.15) is 11.6 Å². The van der Waals surface area contributed by atoms with E-state index < -0.39 is 0 Å². The number of hydrogen-bond acceptors (Lipinski definition) is 3. The molecule has 1 aromatic heterocycles. The van der Waals surface area contributed by atoms with Crippen LogP contribution in [0.15, 0.2) is 48.8 Å². The van der Waals surface area contributed by atoms with Gasteiger partial charge in [0, 0.05) is 12.2 Å². The van der Waals surface area contributed by atoms with Crippen LogP contribution < -0.4 is 10.2 Å². The van der Waals surface area contributed by atoms with E-state index in [9.17, 15) is 9.90 Å². The maximum absolute atomic E-state index is 12.2. The van der Waals surface area contributed by atoms with Crippen molar-refractivity contribution in [3.05, 3.63) is 54.4 Å². The lowest BCUT2D eigenvalue weighted by Gasteiger charge is -2.23. The third kappa shape index (κ3) is 1.96. The summed E-state index contributed by atoms with van der Waals surface area (Å²) in [5.41, 5.74) is 3.41. The number of hydrogen-bond donors (Lipinski definition) is 3. The number of imidazole rings is 1. The number of aromatic nitrogens is 2. The third-order valence-electron chi connectivity index (χ3n) is 3.92. The highest BCUT2D eigenvalue weighted by Crippen LogP contribution is 2.32. The minimum atomic E-state index is -0.156. The van der Waals surface area contributed by atoms with Gasteiger partial charge in [0.05, 0.1) is 23.4 Å². The molecule has 6 heteroatoms. The average molecular weight is 294 g/mol. The fourth-order valence-electron chi connectivity index (χ4n) is 2.87. The van der Waals surface area contributed by atoms with Crippen molar-refractivity contribution in [2.24, 2.45) is 0 Å². The Balaban J connectivity index is 1.78. The first-order valence-corrected chi connectivity index (χ1v) is 7.01. The minimum absolute atomic E-state index is 0.150. The predicted octanol–water partition coefficient (Wildman–Crippen LogP) is 2.54. The third-order valence-corrected chi connectivity index (χ3v) is 3.92. The second-order valence-electron chi connectivity index (χ2n) is 5.27. The molecule has 1 saturated heterocycles. The van der Waals surface area contributed by atoms with Crippen molar-refractivity contribution in [2.45, 2.75) is 6.04 Å². The van der Waals surface area contributed by atoms with Gasteiger partial charge in [0.15, 0.2) is 0 Å².